The molecule has 3 aromatic carbocycles. The van der Waals surface area contributed by atoms with Crippen LogP contribution in [0.2, 0.25) is 5.02 Å². The van der Waals surface area contributed by atoms with Crippen molar-refractivity contribution in [2.45, 2.75) is 70.0 Å². The van der Waals surface area contributed by atoms with Gasteiger partial charge >= 0.3 is 0 Å². The molecule has 1 spiro atoms. The zero-order valence-electron chi connectivity index (χ0n) is 32.9. The van der Waals surface area contributed by atoms with Gasteiger partial charge in [0.15, 0.2) is 0 Å². The first kappa shape index (κ1) is 39.6. The molecule has 3 aromatic rings. The molecule has 0 aliphatic carbocycles. The van der Waals surface area contributed by atoms with Crippen molar-refractivity contribution in [2.75, 3.05) is 73.6 Å². The Balaban J connectivity index is 0.775. The highest BCUT2D eigenvalue weighted by molar-refractivity contribution is 6.32. The molecule has 5 aliphatic rings. The minimum atomic E-state index is -0.868. The molecule has 2 N–H and O–H groups in total. The zero-order valence-corrected chi connectivity index (χ0v) is 33.6. The molecule has 0 aromatic heterocycles. The van der Waals surface area contributed by atoms with Crippen molar-refractivity contribution in [3.63, 3.8) is 0 Å². The van der Waals surface area contributed by atoms with E-state index in [0.29, 0.717) is 41.4 Å². The number of hydrogen-bond donors (Lipinski definition) is 2. The van der Waals surface area contributed by atoms with Gasteiger partial charge in [0.2, 0.25) is 11.8 Å². The second-order valence-electron chi connectivity index (χ2n) is 16.7. The predicted molar refractivity (Wildman–Crippen MR) is 221 cm³/mol. The third-order valence-electron chi connectivity index (χ3n) is 13.2. The number of amides is 4. The summed E-state index contributed by atoms with van der Waals surface area (Å²) in [4.78, 5) is 61.2. The Morgan fingerprint density at radius 2 is 1.53 bits per heavy atom. The Morgan fingerprint density at radius 3 is 2.19 bits per heavy atom. The van der Waals surface area contributed by atoms with Crippen LogP contribution in [0.15, 0.2) is 60.7 Å². The van der Waals surface area contributed by atoms with Crippen molar-refractivity contribution in [2.24, 2.45) is 5.41 Å². The summed E-state index contributed by atoms with van der Waals surface area (Å²) in [5.41, 5.74) is 4.27. The maximum Gasteiger partial charge on any atom is 0.254 e. The summed E-state index contributed by atoms with van der Waals surface area (Å²) < 4.78 is 15.1. The number of hydrogen-bond acceptors (Lipinski definition) is 9. The number of piperazine rings is 1. The van der Waals surface area contributed by atoms with Gasteiger partial charge in [-0.3, -0.25) is 29.4 Å². The van der Waals surface area contributed by atoms with E-state index >= 15 is 4.39 Å². The fraction of sp³-hybridized carbons (Fsp3) is 0.477. The number of imide groups is 1. The van der Waals surface area contributed by atoms with Gasteiger partial charge in [0.25, 0.3) is 11.8 Å². The van der Waals surface area contributed by atoms with Gasteiger partial charge in [0.1, 0.15) is 17.9 Å². The Kier molecular flexibility index (Phi) is 11.3. The number of carbonyl (C=O) groups is 4. The molecule has 5 fully saturated rings. The number of halogens is 2. The molecule has 5 aliphatic heterocycles. The lowest BCUT2D eigenvalue weighted by Crippen LogP contribution is -2.53. The third kappa shape index (κ3) is 8.22. The first-order valence-electron chi connectivity index (χ1n) is 20.5. The van der Waals surface area contributed by atoms with E-state index in [-0.39, 0.29) is 35.6 Å². The van der Waals surface area contributed by atoms with E-state index in [1.54, 1.807) is 6.07 Å². The Labute approximate surface area is 343 Å². The van der Waals surface area contributed by atoms with Gasteiger partial charge in [0.05, 0.1) is 16.1 Å². The average Bonchev–Trinajstić information content (AvgIpc) is 3.56. The number of anilines is 3. The van der Waals surface area contributed by atoms with Crippen LogP contribution < -0.4 is 25.3 Å². The third-order valence-corrected chi connectivity index (χ3v) is 13.5. The topological polar surface area (TPSA) is 132 Å². The second-order valence-corrected chi connectivity index (χ2v) is 17.1. The number of piperidine rings is 3. The number of rotatable bonds is 7. The smallest absolute Gasteiger partial charge is 0.254 e. The van der Waals surface area contributed by atoms with Gasteiger partial charge in [-0.15, -0.1) is 0 Å². The SMILES string of the molecule is C[C@H]1CC2(CCN(c3ccc(C(=O)N4CCC(N5CCN(c6ccc(C(=O)NC7CCC(=O)NC7=O)c(F)c6)CC5)CC4)cc3)CC2)CN1c1ccc(C#N)c(Cl)c1. The lowest BCUT2D eigenvalue weighted by Gasteiger charge is -2.43. The summed E-state index contributed by atoms with van der Waals surface area (Å²) >= 11 is 6.37. The van der Waals surface area contributed by atoms with E-state index in [4.69, 9.17) is 11.6 Å². The minimum absolute atomic E-state index is 0.0756. The largest absolute Gasteiger partial charge is 0.371 e. The number of carbonyl (C=O) groups excluding carboxylic acids is 4. The van der Waals surface area contributed by atoms with Crippen LogP contribution in [0.25, 0.3) is 0 Å². The molecule has 0 bridgehead atoms. The van der Waals surface area contributed by atoms with Crippen molar-refractivity contribution >= 4 is 52.3 Å². The number of nitrogens with one attached hydrogen (secondary N) is 2. The van der Waals surface area contributed by atoms with Crippen LogP contribution in [0, 0.1) is 22.6 Å². The first-order chi connectivity index (χ1) is 28.0. The van der Waals surface area contributed by atoms with E-state index in [2.05, 4.69) is 55.4 Å². The molecule has 12 nitrogen and oxygen atoms in total. The molecular weight excluding hydrogens is 759 g/mol. The van der Waals surface area contributed by atoms with Gasteiger partial charge in [-0.25, -0.2) is 4.39 Å². The standard InChI is InChI=1S/C44H50ClFN8O4/c1-29-26-44(28-54(29)35-7-4-31(27-47)37(45)24-35)14-18-50(19-15-44)32-5-2-30(3-6-32)43(58)53-16-12-33(13-17-53)51-20-22-52(23-21-51)34-8-9-36(38(46)25-34)41(56)48-39-10-11-40(55)49-42(39)57/h2-9,24-25,29,33,39H,10-23,26,28H2,1H3,(H,48,56)(H,49,55,57)/t29-,39?/m0/s1. The molecule has 5 saturated heterocycles. The van der Waals surface area contributed by atoms with Crippen LogP contribution >= 0.6 is 11.6 Å². The van der Waals surface area contributed by atoms with Crippen LogP contribution in [0.5, 0.6) is 0 Å². The second kappa shape index (κ2) is 16.6. The Bertz CT molecular complexity index is 2100. The van der Waals surface area contributed by atoms with Crippen molar-refractivity contribution in [1.82, 2.24) is 20.4 Å². The minimum Gasteiger partial charge on any atom is -0.371 e. The quantitative estimate of drug-likeness (QED) is 0.310. The van der Waals surface area contributed by atoms with Crippen LogP contribution in [0.3, 0.4) is 0 Å². The van der Waals surface area contributed by atoms with E-state index < -0.39 is 23.7 Å². The molecule has 4 amide bonds. The molecule has 1 unspecified atom stereocenters. The fourth-order valence-corrected chi connectivity index (χ4v) is 9.99. The highest BCUT2D eigenvalue weighted by Gasteiger charge is 2.44. The molecule has 8 rings (SSSR count). The normalized spacial score (nSPS) is 22.9. The lowest BCUT2D eigenvalue weighted by molar-refractivity contribution is -0.134. The van der Waals surface area contributed by atoms with Crippen molar-refractivity contribution in [1.29, 1.82) is 5.26 Å². The molecular formula is C44H50ClFN8O4. The van der Waals surface area contributed by atoms with E-state index in [9.17, 15) is 24.4 Å². The monoisotopic (exact) mass is 808 g/mol. The van der Waals surface area contributed by atoms with Crippen molar-refractivity contribution < 1.29 is 23.6 Å². The van der Waals surface area contributed by atoms with Crippen LogP contribution in [-0.2, 0) is 9.59 Å². The molecule has 14 heteroatoms. The Hall–Kier alpha value is -5.19. The lowest BCUT2D eigenvalue weighted by atomic mass is 9.76. The number of nitriles is 1. The molecule has 304 valence electrons. The fourth-order valence-electron chi connectivity index (χ4n) is 9.77. The highest BCUT2D eigenvalue weighted by Crippen LogP contribution is 2.46. The number of benzene rings is 3. The van der Waals surface area contributed by atoms with E-state index in [1.165, 1.54) is 12.1 Å². The summed E-state index contributed by atoms with van der Waals surface area (Å²) in [6.07, 6.45) is 5.45. The van der Waals surface area contributed by atoms with Crippen LogP contribution in [0.1, 0.15) is 78.1 Å². The molecule has 0 radical (unpaired) electrons. The van der Waals surface area contributed by atoms with Gasteiger partial charge in [-0.1, -0.05) is 11.6 Å². The van der Waals surface area contributed by atoms with Gasteiger partial charge in [-0.05, 0) is 112 Å². The van der Waals surface area contributed by atoms with E-state index in [0.717, 1.165) is 94.9 Å². The van der Waals surface area contributed by atoms with Gasteiger partial charge in [0, 0.05) is 100 Å². The van der Waals surface area contributed by atoms with Gasteiger partial charge < -0.3 is 24.9 Å². The maximum absolute atomic E-state index is 15.1. The molecule has 0 saturated carbocycles. The maximum atomic E-state index is 15.1. The van der Waals surface area contributed by atoms with Crippen LogP contribution in [0.4, 0.5) is 21.5 Å². The number of likely N-dealkylation sites (tertiary alicyclic amines) is 1. The first-order valence-corrected chi connectivity index (χ1v) is 20.9. The highest BCUT2D eigenvalue weighted by atomic mass is 35.5. The van der Waals surface area contributed by atoms with Crippen LogP contribution in [-0.4, -0.2) is 110 Å². The number of nitrogens with zero attached hydrogens (tertiary/aromatic N) is 6. The summed E-state index contributed by atoms with van der Waals surface area (Å²) in [7, 11) is 0. The summed E-state index contributed by atoms with van der Waals surface area (Å²) in [5, 5.41) is 14.5. The van der Waals surface area contributed by atoms with E-state index in [1.807, 2.05) is 35.2 Å². The zero-order chi connectivity index (χ0) is 40.6. The average molecular weight is 809 g/mol. The molecule has 5 heterocycles. The molecule has 58 heavy (non-hydrogen) atoms. The summed E-state index contributed by atoms with van der Waals surface area (Å²) in [6, 6.07) is 20.5. The Morgan fingerprint density at radius 1 is 0.862 bits per heavy atom. The summed E-state index contributed by atoms with van der Waals surface area (Å²) in [6.45, 7) is 9.70. The van der Waals surface area contributed by atoms with Crippen molar-refractivity contribution in [3.8, 4) is 6.07 Å². The predicted octanol–water partition coefficient (Wildman–Crippen LogP) is 5.20. The van der Waals surface area contributed by atoms with Crippen molar-refractivity contribution in [3.05, 3.63) is 88.2 Å². The molecule has 2 atom stereocenters. The summed E-state index contributed by atoms with van der Waals surface area (Å²) in [5.74, 6) is -2.22. The van der Waals surface area contributed by atoms with Gasteiger partial charge in [-0.2, -0.15) is 5.26 Å².